The Labute approximate surface area is 106 Å². The zero-order chi connectivity index (χ0) is 12.3. The summed E-state index contributed by atoms with van der Waals surface area (Å²) in [6, 6.07) is 0. The first-order valence-corrected chi connectivity index (χ1v) is 6.18. The van der Waals surface area contributed by atoms with E-state index >= 15 is 0 Å². The van der Waals surface area contributed by atoms with Crippen molar-refractivity contribution in [3.8, 4) is 0 Å². The Morgan fingerprint density at radius 2 is 2.00 bits per heavy atom. The highest BCUT2D eigenvalue weighted by Gasteiger charge is 2.78. The molecule has 5 nitrogen and oxygen atoms in total. The molecule has 92 valence electrons. The van der Waals surface area contributed by atoms with Crippen LogP contribution in [0.5, 0.6) is 0 Å². The van der Waals surface area contributed by atoms with Gasteiger partial charge in [0, 0.05) is 13.0 Å². The average molecular weight is 289 g/mol. The van der Waals surface area contributed by atoms with E-state index in [-0.39, 0.29) is 0 Å². The highest BCUT2D eigenvalue weighted by molar-refractivity contribution is 8.01. The molecule has 1 saturated heterocycles. The third-order valence-corrected chi connectivity index (χ3v) is 6.10. The predicted octanol–water partition coefficient (Wildman–Crippen LogP) is 0.260. The molecule has 0 radical (unpaired) electrons. The van der Waals surface area contributed by atoms with Gasteiger partial charge >= 0.3 is 5.97 Å². The summed E-state index contributed by atoms with van der Waals surface area (Å²) in [7, 11) is 1.36. The number of hydrogen-bond acceptors (Lipinski definition) is 5. The van der Waals surface area contributed by atoms with Crippen molar-refractivity contribution < 1.29 is 24.9 Å². The first-order chi connectivity index (χ1) is 7.25. The standard InChI is InChI=1S/C8H10Cl2O5S/c1-15-6-2(5(11)12)3-4(16-6)7(9,10)8(3,13)14/h2-4,6,13-14H,1H3,(H,11,12)/t2-,3+,4-,6-/m0/s1. The quantitative estimate of drug-likeness (QED) is 0.499. The number of aliphatic carboxylic acids is 1. The summed E-state index contributed by atoms with van der Waals surface area (Å²) in [6.45, 7) is 0. The van der Waals surface area contributed by atoms with Crippen molar-refractivity contribution >= 4 is 40.9 Å². The monoisotopic (exact) mass is 288 g/mol. The van der Waals surface area contributed by atoms with E-state index < -0.39 is 38.6 Å². The Morgan fingerprint density at radius 1 is 1.44 bits per heavy atom. The van der Waals surface area contributed by atoms with Crippen LogP contribution in [0.1, 0.15) is 0 Å². The van der Waals surface area contributed by atoms with E-state index in [1.165, 1.54) is 7.11 Å². The molecule has 1 heterocycles. The van der Waals surface area contributed by atoms with Crippen molar-refractivity contribution in [1.82, 2.24) is 0 Å². The molecule has 4 atom stereocenters. The smallest absolute Gasteiger partial charge is 0.310 e. The fraction of sp³-hybridized carbons (Fsp3) is 0.875. The van der Waals surface area contributed by atoms with Crippen LogP contribution in [-0.2, 0) is 9.53 Å². The second kappa shape index (κ2) is 3.63. The highest BCUT2D eigenvalue weighted by Crippen LogP contribution is 2.67. The molecular weight excluding hydrogens is 279 g/mol. The van der Waals surface area contributed by atoms with E-state index in [1.54, 1.807) is 0 Å². The molecule has 0 unspecified atom stereocenters. The molecule has 2 aliphatic rings. The van der Waals surface area contributed by atoms with Gasteiger partial charge in [-0.25, -0.2) is 0 Å². The molecule has 0 aromatic rings. The average Bonchev–Trinajstić information content (AvgIpc) is 2.55. The third-order valence-electron chi connectivity index (χ3n) is 3.12. The largest absolute Gasteiger partial charge is 0.481 e. The number of hydrogen-bond donors (Lipinski definition) is 3. The first kappa shape index (κ1) is 12.7. The Bertz CT molecular complexity index is 334. The summed E-state index contributed by atoms with van der Waals surface area (Å²) in [5.74, 6) is -5.50. The fourth-order valence-electron chi connectivity index (χ4n) is 2.25. The van der Waals surface area contributed by atoms with Crippen LogP contribution in [0.4, 0.5) is 0 Å². The minimum absolute atomic E-state index is 0.558. The van der Waals surface area contributed by atoms with Gasteiger partial charge in [0.2, 0.25) is 5.79 Å². The molecule has 1 aliphatic carbocycles. The summed E-state index contributed by atoms with van der Waals surface area (Å²) in [4.78, 5) is 11.1. The fourth-order valence-corrected chi connectivity index (χ4v) is 4.81. The van der Waals surface area contributed by atoms with Crippen LogP contribution in [0.2, 0.25) is 0 Å². The van der Waals surface area contributed by atoms with Gasteiger partial charge in [0.1, 0.15) is 11.4 Å². The molecule has 0 spiro atoms. The number of fused-ring (bicyclic) bond motifs is 1. The number of rotatable bonds is 2. The van der Waals surface area contributed by atoms with Crippen molar-refractivity contribution in [3.05, 3.63) is 0 Å². The molecule has 0 amide bonds. The van der Waals surface area contributed by atoms with Gasteiger partial charge in [-0.15, -0.1) is 11.8 Å². The molecule has 8 heteroatoms. The lowest BCUT2D eigenvalue weighted by atomic mass is 9.69. The van der Waals surface area contributed by atoms with Gasteiger partial charge in [0.15, 0.2) is 4.33 Å². The van der Waals surface area contributed by atoms with E-state index in [1.807, 2.05) is 0 Å². The highest BCUT2D eigenvalue weighted by atomic mass is 35.5. The van der Waals surface area contributed by atoms with Crippen LogP contribution in [0.15, 0.2) is 0 Å². The van der Waals surface area contributed by atoms with E-state index in [0.717, 1.165) is 11.8 Å². The molecule has 3 N–H and O–H groups in total. The molecule has 0 aromatic heterocycles. The van der Waals surface area contributed by atoms with Crippen LogP contribution < -0.4 is 0 Å². The number of carbonyl (C=O) groups is 1. The van der Waals surface area contributed by atoms with Gasteiger partial charge in [-0.3, -0.25) is 4.79 Å². The third kappa shape index (κ3) is 1.34. The second-order valence-electron chi connectivity index (χ2n) is 3.90. The van der Waals surface area contributed by atoms with Crippen LogP contribution >= 0.6 is 35.0 Å². The molecule has 1 saturated carbocycles. The number of carboxylic acid groups (broad SMARTS) is 1. The van der Waals surface area contributed by atoms with Gasteiger partial charge in [-0.1, -0.05) is 23.2 Å². The van der Waals surface area contributed by atoms with Crippen LogP contribution in [0.25, 0.3) is 0 Å². The molecule has 1 aliphatic heterocycles. The van der Waals surface area contributed by atoms with Gasteiger partial charge < -0.3 is 20.1 Å². The van der Waals surface area contributed by atoms with Crippen molar-refractivity contribution in [2.75, 3.05) is 7.11 Å². The van der Waals surface area contributed by atoms with E-state index in [9.17, 15) is 15.0 Å². The predicted molar refractivity (Wildman–Crippen MR) is 58.4 cm³/mol. The number of ether oxygens (including phenoxy) is 1. The number of carboxylic acids is 1. The summed E-state index contributed by atoms with van der Waals surface area (Å²) in [5.41, 5.74) is -0.675. The summed E-state index contributed by atoms with van der Waals surface area (Å²) >= 11 is 12.7. The SMILES string of the molecule is CO[C@H]1S[C@H]2[C@@H]([C@H]1C(=O)O)C(O)(O)C2(Cl)Cl. The van der Waals surface area contributed by atoms with Gasteiger partial charge in [0.25, 0.3) is 0 Å². The number of methoxy groups -OCH3 is 1. The second-order valence-corrected chi connectivity index (χ2v) is 6.53. The number of alkyl halides is 2. The Balaban J connectivity index is 2.33. The van der Waals surface area contributed by atoms with Crippen molar-refractivity contribution in [2.24, 2.45) is 11.8 Å². The lowest BCUT2D eigenvalue weighted by Crippen LogP contribution is -2.72. The van der Waals surface area contributed by atoms with Crippen molar-refractivity contribution in [3.63, 3.8) is 0 Å². The first-order valence-electron chi connectivity index (χ1n) is 4.48. The van der Waals surface area contributed by atoms with Crippen LogP contribution in [0.3, 0.4) is 0 Å². The van der Waals surface area contributed by atoms with Gasteiger partial charge in [-0.2, -0.15) is 0 Å². The molecule has 2 fully saturated rings. The minimum Gasteiger partial charge on any atom is -0.481 e. The maximum atomic E-state index is 11.1. The maximum absolute atomic E-state index is 11.1. The van der Waals surface area contributed by atoms with E-state index in [0.29, 0.717) is 0 Å². The topological polar surface area (TPSA) is 87.0 Å². The summed E-state index contributed by atoms with van der Waals surface area (Å²) in [5, 5.41) is 27.9. The number of aliphatic hydroxyl groups is 2. The van der Waals surface area contributed by atoms with Crippen molar-refractivity contribution in [1.29, 1.82) is 0 Å². The minimum atomic E-state index is -2.40. The lowest BCUT2D eigenvalue weighted by molar-refractivity contribution is -0.268. The normalized spacial score (nSPS) is 43.6. The number of halogens is 2. The molecule has 0 aromatic carbocycles. The lowest BCUT2D eigenvalue weighted by Gasteiger charge is -2.54. The maximum Gasteiger partial charge on any atom is 0.310 e. The summed E-state index contributed by atoms with van der Waals surface area (Å²) in [6.07, 6.45) is 0. The Kier molecular flexibility index (Phi) is 2.89. The zero-order valence-corrected chi connectivity index (χ0v) is 10.5. The zero-order valence-electron chi connectivity index (χ0n) is 8.13. The molecular formula is C8H10Cl2O5S. The summed E-state index contributed by atoms with van der Waals surface area (Å²) < 4.78 is 3.23. The Hall–Kier alpha value is 0.280. The van der Waals surface area contributed by atoms with Crippen LogP contribution in [-0.4, -0.2) is 49.2 Å². The molecule has 0 bridgehead atoms. The Morgan fingerprint density at radius 3 is 2.44 bits per heavy atom. The van der Waals surface area contributed by atoms with Crippen LogP contribution in [0, 0.1) is 11.8 Å². The van der Waals surface area contributed by atoms with Crippen molar-refractivity contribution in [2.45, 2.75) is 20.8 Å². The molecule has 16 heavy (non-hydrogen) atoms. The number of thioether (sulfide) groups is 1. The van der Waals surface area contributed by atoms with E-state index in [2.05, 4.69) is 0 Å². The molecule has 2 rings (SSSR count). The van der Waals surface area contributed by atoms with Gasteiger partial charge in [0.05, 0.1) is 5.25 Å². The van der Waals surface area contributed by atoms with Gasteiger partial charge in [-0.05, 0) is 0 Å². The van der Waals surface area contributed by atoms with E-state index in [4.69, 9.17) is 33.0 Å².